The second-order valence-electron chi connectivity index (χ2n) is 5.62. The Morgan fingerprint density at radius 1 is 1.32 bits per heavy atom. The van der Waals surface area contributed by atoms with E-state index in [2.05, 4.69) is 37.9 Å². The van der Waals surface area contributed by atoms with E-state index in [0.29, 0.717) is 5.88 Å². The number of fused-ring (bicyclic) bond motifs is 2. The second-order valence-corrected chi connectivity index (χ2v) is 5.88. The second kappa shape index (κ2) is 4.77. The van der Waals surface area contributed by atoms with Gasteiger partial charge in [-0.25, -0.2) is 0 Å². The van der Waals surface area contributed by atoms with Gasteiger partial charge in [0.1, 0.15) is 0 Å². The summed E-state index contributed by atoms with van der Waals surface area (Å²) in [7, 11) is 2.16. The van der Waals surface area contributed by atoms with Crippen LogP contribution < -0.4 is 0 Å². The number of aromatic nitrogens is 1. The lowest BCUT2D eigenvalue weighted by atomic mass is 9.94. The fourth-order valence-corrected chi connectivity index (χ4v) is 3.37. The van der Waals surface area contributed by atoms with E-state index in [1.54, 1.807) is 0 Å². The molecule has 3 heteroatoms. The summed E-state index contributed by atoms with van der Waals surface area (Å²) in [6.07, 6.45) is 1.03. The minimum atomic E-state index is 0.568. The van der Waals surface area contributed by atoms with Crippen LogP contribution in [0.15, 0.2) is 12.1 Å². The predicted molar refractivity (Wildman–Crippen MR) is 80.8 cm³/mol. The molecule has 1 aliphatic heterocycles. The van der Waals surface area contributed by atoms with E-state index < -0.39 is 0 Å². The number of nitrogens with zero attached hydrogens (tertiary/aromatic N) is 2. The Morgan fingerprint density at radius 2 is 2.11 bits per heavy atom. The Balaban J connectivity index is 2.36. The molecule has 1 aliphatic rings. The molecular weight excluding hydrogens is 256 g/mol. The number of benzene rings is 1. The minimum Gasteiger partial charge on any atom is -0.302 e. The van der Waals surface area contributed by atoms with Gasteiger partial charge in [-0.05, 0) is 43.7 Å². The summed E-state index contributed by atoms with van der Waals surface area (Å²) in [5, 5.41) is 1.24. The fraction of sp³-hybridized carbons (Fsp3) is 0.438. The molecule has 3 rings (SSSR count). The molecule has 0 amide bonds. The molecule has 100 valence electrons. The first-order valence-corrected chi connectivity index (χ1v) is 7.29. The molecule has 0 saturated heterocycles. The van der Waals surface area contributed by atoms with Gasteiger partial charge in [-0.15, -0.1) is 11.6 Å². The van der Waals surface area contributed by atoms with Crippen molar-refractivity contribution in [1.82, 2.24) is 9.88 Å². The van der Waals surface area contributed by atoms with E-state index in [9.17, 15) is 0 Å². The first kappa shape index (κ1) is 12.9. The van der Waals surface area contributed by atoms with Gasteiger partial charge in [-0.3, -0.25) is 4.98 Å². The van der Waals surface area contributed by atoms with Gasteiger partial charge in [0.15, 0.2) is 0 Å². The van der Waals surface area contributed by atoms with Gasteiger partial charge in [-0.2, -0.15) is 0 Å². The Morgan fingerprint density at radius 3 is 2.84 bits per heavy atom. The van der Waals surface area contributed by atoms with Crippen molar-refractivity contribution in [1.29, 1.82) is 0 Å². The summed E-state index contributed by atoms with van der Waals surface area (Å²) < 4.78 is 0. The van der Waals surface area contributed by atoms with Crippen molar-refractivity contribution in [3.63, 3.8) is 0 Å². The number of aryl methyl sites for hydroxylation is 2. The number of alkyl halides is 1. The van der Waals surface area contributed by atoms with Gasteiger partial charge in [0.25, 0.3) is 0 Å². The fourth-order valence-electron chi connectivity index (χ4n) is 3.07. The van der Waals surface area contributed by atoms with Crippen molar-refractivity contribution in [2.24, 2.45) is 0 Å². The van der Waals surface area contributed by atoms with E-state index in [-0.39, 0.29) is 0 Å². The number of pyridine rings is 1. The Bertz CT molecular complexity index is 649. The highest BCUT2D eigenvalue weighted by atomic mass is 35.5. The summed E-state index contributed by atoms with van der Waals surface area (Å²) in [5.41, 5.74) is 7.53. The normalized spacial score (nSPS) is 15.8. The third-order valence-electron chi connectivity index (χ3n) is 4.02. The van der Waals surface area contributed by atoms with Gasteiger partial charge in [0, 0.05) is 36.5 Å². The van der Waals surface area contributed by atoms with Crippen LogP contribution in [0.2, 0.25) is 0 Å². The van der Waals surface area contributed by atoms with Gasteiger partial charge < -0.3 is 4.90 Å². The zero-order chi connectivity index (χ0) is 13.6. The molecule has 0 bridgehead atoms. The van der Waals surface area contributed by atoms with Crippen molar-refractivity contribution in [2.75, 3.05) is 13.6 Å². The molecule has 2 aromatic rings. The van der Waals surface area contributed by atoms with Crippen LogP contribution in [-0.4, -0.2) is 23.5 Å². The van der Waals surface area contributed by atoms with E-state index in [1.807, 2.05) is 0 Å². The lowest BCUT2D eigenvalue weighted by molar-refractivity contribution is 0.309. The maximum Gasteiger partial charge on any atom is 0.0738 e. The molecule has 1 aromatic carbocycles. The summed E-state index contributed by atoms with van der Waals surface area (Å²) in [6.45, 7) is 6.32. The van der Waals surface area contributed by atoms with E-state index in [0.717, 1.165) is 25.0 Å². The quantitative estimate of drug-likeness (QED) is 0.739. The van der Waals surface area contributed by atoms with Crippen LogP contribution in [0.25, 0.3) is 10.9 Å². The number of hydrogen-bond donors (Lipinski definition) is 0. The van der Waals surface area contributed by atoms with Crippen molar-refractivity contribution >= 4 is 22.5 Å². The zero-order valence-corrected chi connectivity index (χ0v) is 12.5. The average Bonchev–Trinajstić information content (AvgIpc) is 2.36. The SMILES string of the molecule is Cc1cc(C)c2nc3c(c(CCl)c2c1)CN(C)CC3. The first-order chi connectivity index (χ1) is 9.10. The molecule has 0 radical (unpaired) electrons. The van der Waals surface area contributed by atoms with Gasteiger partial charge in [-0.1, -0.05) is 11.6 Å². The molecule has 0 unspecified atom stereocenters. The smallest absolute Gasteiger partial charge is 0.0738 e. The van der Waals surface area contributed by atoms with Crippen LogP contribution >= 0.6 is 11.6 Å². The molecule has 2 nitrogen and oxygen atoms in total. The molecule has 1 aromatic heterocycles. The van der Waals surface area contributed by atoms with Crippen molar-refractivity contribution in [2.45, 2.75) is 32.7 Å². The standard InChI is InChI=1S/C16H19ClN2/c1-10-6-11(2)16-12(7-10)13(8-17)14-9-19(3)5-4-15(14)18-16/h6-7H,4-5,8-9H2,1-3H3. The molecule has 2 heterocycles. The third-order valence-corrected chi connectivity index (χ3v) is 4.29. The van der Waals surface area contributed by atoms with Gasteiger partial charge in [0.05, 0.1) is 5.52 Å². The van der Waals surface area contributed by atoms with Crippen molar-refractivity contribution < 1.29 is 0 Å². The van der Waals surface area contributed by atoms with E-state index >= 15 is 0 Å². The highest BCUT2D eigenvalue weighted by molar-refractivity contribution is 6.18. The van der Waals surface area contributed by atoms with Crippen LogP contribution in [0.4, 0.5) is 0 Å². The van der Waals surface area contributed by atoms with E-state index in [1.165, 1.54) is 33.3 Å². The largest absolute Gasteiger partial charge is 0.302 e. The average molecular weight is 275 g/mol. The maximum atomic E-state index is 6.25. The van der Waals surface area contributed by atoms with Crippen molar-refractivity contribution in [3.05, 3.63) is 40.1 Å². The summed E-state index contributed by atoms with van der Waals surface area (Å²) in [4.78, 5) is 7.26. The van der Waals surface area contributed by atoms with Crippen LogP contribution in [0, 0.1) is 13.8 Å². The summed E-state index contributed by atoms with van der Waals surface area (Å²) in [5.74, 6) is 0.568. The molecule has 0 fully saturated rings. The Labute approximate surface area is 119 Å². The van der Waals surface area contributed by atoms with Crippen LogP contribution in [0.1, 0.15) is 27.9 Å². The molecule has 0 spiro atoms. The first-order valence-electron chi connectivity index (χ1n) is 6.76. The topological polar surface area (TPSA) is 16.1 Å². The number of rotatable bonds is 1. The highest BCUT2D eigenvalue weighted by Crippen LogP contribution is 2.31. The summed E-state index contributed by atoms with van der Waals surface area (Å²) >= 11 is 6.25. The molecule has 0 atom stereocenters. The summed E-state index contributed by atoms with van der Waals surface area (Å²) in [6, 6.07) is 4.43. The lowest BCUT2D eigenvalue weighted by Gasteiger charge is -2.27. The van der Waals surface area contributed by atoms with Crippen LogP contribution in [0.3, 0.4) is 0 Å². The van der Waals surface area contributed by atoms with Gasteiger partial charge >= 0.3 is 0 Å². The molecule has 0 N–H and O–H groups in total. The maximum absolute atomic E-state index is 6.25. The minimum absolute atomic E-state index is 0.568. The predicted octanol–water partition coefficient (Wildman–Crippen LogP) is 3.58. The zero-order valence-electron chi connectivity index (χ0n) is 11.8. The van der Waals surface area contributed by atoms with Gasteiger partial charge in [0.2, 0.25) is 0 Å². The Kier molecular flexibility index (Phi) is 3.23. The number of halogens is 1. The van der Waals surface area contributed by atoms with Crippen LogP contribution in [-0.2, 0) is 18.8 Å². The Hall–Kier alpha value is -1.12. The highest BCUT2D eigenvalue weighted by Gasteiger charge is 2.20. The van der Waals surface area contributed by atoms with E-state index in [4.69, 9.17) is 16.6 Å². The molecule has 19 heavy (non-hydrogen) atoms. The lowest BCUT2D eigenvalue weighted by Crippen LogP contribution is -2.28. The monoisotopic (exact) mass is 274 g/mol. The molecular formula is C16H19ClN2. The molecule has 0 saturated carbocycles. The third kappa shape index (κ3) is 2.13. The van der Waals surface area contributed by atoms with Crippen molar-refractivity contribution in [3.8, 4) is 0 Å². The van der Waals surface area contributed by atoms with Crippen LogP contribution in [0.5, 0.6) is 0 Å². The number of hydrogen-bond acceptors (Lipinski definition) is 2. The number of likely N-dealkylation sites (N-methyl/N-ethyl adjacent to an activating group) is 1. The molecule has 0 aliphatic carbocycles.